The van der Waals surface area contributed by atoms with Crippen LogP contribution >= 0.6 is 12.2 Å². The summed E-state index contributed by atoms with van der Waals surface area (Å²) in [6.07, 6.45) is 0.969. The second kappa shape index (κ2) is 3.38. The van der Waals surface area contributed by atoms with Gasteiger partial charge in [0.05, 0.1) is 0 Å². The van der Waals surface area contributed by atoms with Crippen molar-refractivity contribution in [3.05, 3.63) is 21.3 Å². The third-order valence-electron chi connectivity index (χ3n) is 1.23. The number of sulfonamides is 1. The normalized spacial score (nSPS) is 11.5. The van der Waals surface area contributed by atoms with Gasteiger partial charge in [-0.2, -0.15) is 0 Å². The molecule has 1 aromatic rings. The molecule has 0 aliphatic heterocycles. The maximum absolute atomic E-state index is 11.0. The number of rotatable bonds is 2. The molecule has 0 aliphatic rings. The maximum atomic E-state index is 11.0. The van der Waals surface area contributed by atoms with Gasteiger partial charge in [-0.25, -0.2) is 8.42 Å². The Hall–Kier alpha value is -1.03. The van der Waals surface area contributed by atoms with Gasteiger partial charge in [0.2, 0.25) is 0 Å². The fraction of sp³-hybridized carbons (Fsp3) is 0. The van der Waals surface area contributed by atoms with Crippen LogP contribution < -0.4 is 16.2 Å². The van der Waals surface area contributed by atoms with Crippen molar-refractivity contribution < 1.29 is 8.42 Å². The van der Waals surface area contributed by atoms with Crippen molar-refractivity contribution in [2.75, 3.05) is 0 Å². The number of H-pyrrole nitrogens is 2. The average molecular weight is 222 g/mol. The number of nitrogens with two attached hydrogens (primary N) is 1. The van der Waals surface area contributed by atoms with E-state index in [1.807, 2.05) is 0 Å². The Balaban J connectivity index is 3.51. The van der Waals surface area contributed by atoms with E-state index in [1.165, 1.54) is 4.83 Å². The molecule has 5 N–H and O–H groups in total. The summed E-state index contributed by atoms with van der Waals surface area (Å²) in [7, 11) is -3.94. The van der Waals surface area contributed by atoms with Crippen LogP contribution in [0.4, 0.5) is 0 Å². The Labute approximate surface area is 78.0 Å². The van der Waals surface area contributed by atoms with E-state index in [2.05, 4.69) is 22.2 Å². The highest BCUT2D eigenvalue weighted by atomic mass is 32.2. The Morgan fingerprint density at radius 3 is 2.62 bits per heavy atom. The quantitative estimate of drug-likeness (QED) is 0.278. The van der Waals surface area contributed by atoms with E-state index in [9.17, 15) is 13.2 Å². The van der Waals surface area contributed by atoms with Crippen molar-refractivity contribution in [1.82, 2.24) is 14.8 Å². The Morgan fingerprint density at radius 2 is 2.15 bits per heavy atom. The van der Waals surface area contributed by atoms with Crippen LogP contribution in [0.5, 0.6) is 0 Å². The van der Waals surface area contributed by atoms with Crippen LogP contribution in [-0.4, -0.2) is 18.4 Å². The van der Waals surface area contributed by atoms with Crippen molar-refractivity contribution in [3.63, 3.8) is 0 Å². The Bertz CT molecular complexity index is 513. The third kappa shape index (κ3) is 2.01. The smallest absolute Gasteiger partial charge is 0.271 e. The molecule has 1 heterocycles. The molecule has 0 atom stereocenters. The van der Waals surface area contributed by atoms with Gasteiger partial charge in [-0.1, -0.05) is 0 Å². The van der Waals surface area contributed by atoms with Crippen LogP contribution in [-0.2, 0) is 10.0 Å². The molecule has 0 saturated heterocycles. The fourth-order valence-electron chi connectivity index (χ4n) is 0.661. The van der Waals surface area contributed by atoms with Gasteiger partial charge in [-0.05, 0) is 12.2 Å². The fourth-order valence-corrected chi connectivity index (χ4v) is 1.45. The summed E-state index contributed by atoms with van der Waals surface area (Å²) in [5, 5.41) is 0. The van der Waals surface area contributed by atoms with E-state index in [-0.39, 0.29) is 4.77 Å². The molecule has 9 heteroatoms. The molecule has 13 heavy (non-hydrogen) atoms. The molecule has 72 valence electrons. The summed E-state index contributed by atoms with van der Waals surface area (Å²) in [5.74, 6) is 4.71. The largest absolute Gasteiger partial charge is 0.337 e. The van der Waals surface area contributed by atoms with Gasteiger partial charge in [0, 0.05) is 6.20 Å². The summed E-state index contributed by atoms with van der Waals surface area (Å²) >= 11 is 4.56. The minimum absolute atomic E-state index is 0.0426. The van der Waals surface area contributed by atoms with Crippen LogP contribution in [0, 0.1) is 4.77 Å². The van der Waals surface area contributed by atoms with Crippen molar-refractivity contribution in [2.24, 2.45) is 5.84 Å². The summed E-state index contributed by atoms with van der Waals surface area (Å²) in [6, 6.07) is 0. The van der Waals surface area contributed by atoms with Gasteiger partial charge in [0.25, 0.3) is 15.6 Å². The predicted octanol–water partition coefficient (Wildman–Crippen LogP) is -1.42. The van der Waals surface area contributed by atoms with E-state index >= 15 is 0 Å². The lowest BCUT2D eigenvalue weighted by molar-refractivity contribution is 0.582. The lowest BCUT2D eigenvalue weighted by Crippen LogP contribution is -2.34. The highest BCUT2D eigenvalue weighted by Gasteiger charge is 2.15. The Morgan fingerprint density at radius 1 is 1.54 bits per heavy atom. The molecular weight excluding hydrogens is 216 g/mol. The number of hydrazine groups is 1. The van der Waals surface area contributed by atoms with Gasteiger partial charge in [-0.15, -0.1) is 4.83 Å². The summed E-state index contributed by atoms with van der Waals surface area (Å²) in [4.78, 5) is 16.5. The van der Waals surface area contributed by atoms with Crippen LogP contribution in [0.1, 0.15) is 0 Å². The maximum Gasteiger partial charge on any atom is 0.271 e. The molecule has 0 unspecified atom stereocenters. The Kier molecular flexibility index (Phi) is 2.61. The predicted molar refractivity (Wildman–Crippen MR) is 46.8 cm³/mol. The molecule has 0 amide bonds. The van der Waals surface area contributed by atoms with E-state index in [4.69, 9.17) is 5.84 Å². The lowest BCUT2D eigenvalue weighted by Gasteiger charge is -1.98. The van der Waals surface area contributed by atoms with Crippen LogP contribution in [0.3, 0.4) is 0 Å². The zero-order valence-corrected chi connectivity index (χ0v) is 7.83. The molecule has 1 rings (SSSR count). The van der Waals surface area contributed by atoms with Crippen molar-refractivity contribution in [3.8, 4) is 0 Å². The van der Waals surface area contributed by atoms with Crippen LogP contribution in [0.2, 0.25) is 0 Å². The third-order valence-corrected chi connectivity index (χ3v) is 2.64. The number of aromatic nitrogens is 2. The molecule has 0 aliphatic carbocycles. The molecule has 1 aromatic heterocycles. The van der Waals surface area contributed by atoms with Gasteiger partial charge in [0.15, 0.2) is 9.67 Å². The van der Waals surface area contributed by atoms with Crippen LogP contribution in [0.25, 0.3) is 0 Å². The SMILES string of the molecule is NNS(=O)(=O)c1c[nH]c(=S)[nH]c1=O. The first-order chi connectivity index (χ1) is 5.97. The molecule has 0 saturated carbocycles. The zero-order valence-electron chi connectivity index (χ0n) is 6.20. The monoisotopic (exact) mass is 222 g/mol. The van der Waals surface area contributed by atoms with Crippen LogP contribution in [0.15, 0.2) is 15.9 Å². The molecule has 0 bridgehead atoms. The van der Waals surface area contributed by atoms with Crippen molar-refractivity contribution in [2.45, 2.75) is 4.90 Å². The topological polar surface area (TPSA) is 121 Å². The first-order valence-electron chi connectivity index (χ1n) is 3.02. The van der Waals surface area contributed by atoms with Crippen molar-refractivity contribution in [1.29, 1.82) is 0 Å². The van der Waals surface area contributed by atoms with Gasteiger partial charge >= 0.3 is 0 Å². The average Bonchev–Trinajstić information content (AvgIpc) is 2.03. The molecular formula is C4H6N4O3S2. The summed E-state index contributed by atoms with van der Waals surface area (Å²) in [6.45, 7) is 0. The molecule has 0 aromatic carbocycles. The van der Waals surface area contributed by atoms with Gasteiger partial charge in [0.1, 0.15) is 0 Å². The second-order valence-electron chi connectivity index (χ2n) is 2.06. The number of hydrogen-bond donors (Lipinski definition) is 4. The van der Waals surface area contributed by atoms with Gasteiger partial charge < -0.3 is 4.98 Å². The molecule has 0 radical (unpaired) electrons. The minimum Gasteiger partial charge on any atom is -0.337 e. The van der Waals surface area contributed by atoms with E-state index < -0.39 is 20.5 Å². The number of hydrogen-bond acceptors (Lipinski definition) is 5. The molecule has 0 spiro atoms. The van der Waals surface area contributed by atoms with E-state index in [0.717, 1.165) is 6.20 Å². The lowest BCUT2D eigenvalue weighted by atomic mass is 10.7. The zero-order chi connectivity index (χ0) is 10.1. The summed E-state index contributed by atoms with van der Waals surface area (Å²) < 4.78 is 22.1. The van der Waals surface area contributed by atoms with E-state index in [1.54, 1.807) is 0 Å². The molecule has 7 nitrogen and oxygen atoms in total. The first kappa shape index (κ1) is 10.1. The standard InChI is InChI=1S/C4H6N4O3S2/c5-8-13(10,11)2-1-6-4(12)7-3(2)9/h1,8H,5H2,(H2,6,7,9,12). The van der Waals surface area contributed by atoms with Gasteiger partial charge in [-0.3, -0.25) is 15.6 Å². The highest BCUT2D eigenvalue weighted by molar-refractivity contribution is 7.89. The van der Waals surface area contributed by atoms with Crippen molar-refractivity contribution >= 4 is 22.2 Å². The second-order valence-corrected chi connectivity index (χ2v) is 4.15. The number of nitrogens with one attached hydrogen (secondary N) is 3. The summed E-state index contributed by atoms with van der Waals surface area (Å²) in [5.41, 5.74) is -0.818. The highest BCUT2D eigenvalue weighted by Crippen LogP contribution is 1.96. The number of aromatic amines is 2. The minimum atomic E-state index is -3.94. The van der Waals surface area contributed by atoms with E-state index in [0.29, 0.717) is 0 Å². The first-order valence-corrected chi connectivity index (χ1v) is 4.91. The molecule has 0 fully saturated rings.